The number of amidine groups is 1. The fourth-order valence-electron chi connectivity index (χ4n) is 2.13. The number of aromatic carboxylic acids is 1. The van der Waals surface area contributed by atoms with E-state index >= 15 is 0 Å². The summed E-state index contributed by atoms with van der Waals surface area (Å²) in [5.41, 5.74) is 5.34. The average Bonchev–Trinajstić information content (AvgIpc) is 2.72. The molecule has 0 aliphatic rings. The number of carboxylic acids is 1. The highest BCUT2D eigenvalue weighted by Crippen LogP contribution is 2.09. The number of hydrogen-bond donors (Lipinski definition) is 3. The summed E-state index contributed by atoms with van der Waals surface area (Å²) in [5, 5.41) is 9.18. The van der Waals surface area contributed by atoms with Gasteiger partial charge in [0.2, 0.25) is 0 Å². The molecule has 0 saturated heterocycles. The molecule has 3 rings (SSSR count). The number of pyridine rings is 3. The lowest BCUT2D eigenvalue weighted by atomic mass is 10.1. The minimum atomic E-state index is -1.25. The van der Waals surface area contributed by atoms with Crippen LogP contribution in [0.15, 0.2) is 72.2 Å². The second-order valence-corrected chi connectivity index (χ2v) is 5.17. The van der Waals surface area contributed by atoms with E-state index in [2.05, 4.69) is 30.8 Å². The van der Waals surface area contributed by atoms with Gasteiger partial charge in [-0.15, -0.1) is 0 Å². The maximum absolute atomic E-state index is 12.4. The van der Waals surface area contributed by atoms with Crippen LogP contribution in [0.25, 0.3) is 0 Å². The number of carbonyl (C=O) groups excluding carboxylic acids is 1. The Labute approximate surface area is 153 Å². The van der Waals surface area contributed by atoms with Crippen LogP contribution in [0.5, 0.6) is 0 Å². The number of nitrogens with one attached hydrogen (secondary N) is 2. The van der Waals surface area contributed by atoms with Gasteiger partial charge in [-0.3, -0.25) is 25.6 Å². The molecule has 0 bridgehead atoms. The van der Waals surface area contributed by atoms with E-state index in [0.29, 0.717) is 11.5 Å². The molecule has 0 aliphatic heterocycles. The number of aromatic nitrogens is 3. The molecule has 3 N–H and O–H groups in total. The Kier molecular flexibility index (Phi) is 5.43. The Morgan fingerprint density at radius 1 is 0.889 bits per heavy atom. The van der Waals surface area contributed by atoms with Crippen LogP contribution in [0.2, 0.25) is 0 Å². The fraction of sp³-hybridized carbons (Fsp3) is 0. The summed E-state index contributed by atoms with van der Waals surface area (Å²) in [6.45, 7) is 0. The zero-order valence-electron chi connectivity index (χ0n) is 13.9. The molecule has 0 aliphatic carbocycles. The summed E-state index contributed by atoms with van der Waals surface area (Å²) >= 11 is 0. The van der Waals surface area contributed by atoms with Gasteiger partial charge in [-0.05, 0) is 30.3 Å². The maximum Gasteiger partial charge on any atom is 0.338 e. The Morgan fingerprint density at radius 2 is 1.67 bits per heavy atom. The number of hydrazine groups is 1. The van der Waals surface area contributed by atoms with Crippen molar-refractivity contribution in [2.45, 2.75) is 0 Å². The van der Waals surface area contributed by atoms with Gasteiger partial charge in [-0.1, -0.05) is 12.1 Å². The Balaban J connectivity index is 1.85. The number of aliphatic imine (C=N–C) groups is 1. The molecule has 0 spiro atoms. The molecule has 3 aromatic rings. The molecule has 9 nitrogen and oxygen atoms in total. The van der Waals surface area contributed by atoms with Gasteiger partial charge in [0.05, 0.1) is 11.1 Å². The van der Waals surface area contributed by atoms with Crippen LogP contribution in [0.3, 0.4) is 0 Å². The number of rotatable bonds is 4. The van der Waals surface area contributed by atoms with Crippen molar-refractivity contribution in [3.05, 3.63) is 84.1 Å². The highest BCUT2D eigenvalue weighted by atomic mass is 16.4. The van der Waals surface area contributed by atoms with Crippen molar-refractivity contribution in [1.29, 1.82) is 0 Å². The van der Waals surface area contributed by atoms with E-state index < -0.39 is 11.9 Å². The predicted octanol–water partition coefficient (Wildman–Crippen LogP) is 1.58. The molecular weight excluding hydrogens is 348 g/mol. The van der Waals surface area contributed by atoms with Gasteiger partial charge in [0.15, 0.2) is 11.7 Å². The van der Waals surface area contributed by atoms with Crippen LogP contribution in [0, 0.1) is 0 Å². The van der Waals surface area contributed by atoms with Crippen molar-refractivity contribution in [2.75, 3.05) is 0 Å². The van der Waals surface area contributed by atoms with Gasteiger partial charge in [-0.2, -0.15) is 0 Å². The fourth-order valence-corrected chi connectivity index (χ4v) is 2.13. The molecule has 0 unspecified atom stereocenters. The van der Waals surface area contributed by atoms with E-state index in [-0.39, 0.29) is 17.0 Å². The second kappa shape index (κ2) is 8.30. The molecule has 0 radical (unpaired) electrons. The van der Waals surface area contributed by atoms with E-state index in [9.17, 15) is 14.7 Å². The van der Waals surface area contributed by atoms with Gasteiger partial charge in [-0.25, -0.2) is 14.8 Å². The van der Waals surface area contributed by atoms with Crippen LogP contribution in [0.4, 0.5) is 5.82 Å². The molecule has 3 heterocycles. The van der Waals surface area contributed by atoms with Crippen LogP contribution in [0.1, 0.15) is 26.4 Å². The van der Waals surface area contributed by atoms with Gasteiger partial charge >= 0.3 is 5.97 Å². The Hall–Kier alpha value is -4.14. The van der Waals surface area contributed by atoms with Crippen LogP contribution in [-0.4, -0.2) is 37.8 Å². The van der Waals surface area contributed by atoms with Crippen molar-refractivity contribution < 1.29 is 14.7 Å². The van der Waals surface area contributed by atoms with E-state index in [1.54, 1.807) is 48.8 Å². The molecule has 134 valence electrons. The number of amides is 1. The summed E-state index contributed by atoms with van der Waals surface area (Å²) in [6, 6.07) is 11.8. The van der Waals surface area contributed by atoms with Gasteiger partial charge in [0, 0.05) is 24.8 Å². The normalized spacial score (nSPS) is 10.9. The molecular formula is C18H14N6O3. The first-order chi connectivity index (χ1) is 13.1. The van der Waals surface area contributed by atoms with Gasteiger partial charge in [0.25, 0.3) is 5.91 Å². The maximum atomic E-state index is 12.4. The average molecular weight is 362 g/mol. The summed E-state index contributed by atoms with van der Waals surface area (Å²) in [7, 11) is 0. The first-order valence-electron chi connectivity index (χ1n) is 7.80. The lowest BCUT2D eigenvalue weighted by Gasteiger charge is -2.12. The number of carbonyl (C=O) groups is 2. The van der Waals surface area contributed by atoms with Crippen LogP contribution in [-0.2, 0) is 0 Å². The molecule has 9 heteroatoms. The highest BCUT2D eigenvalue weighted by Gasteiger charge is 2.17. The third-order valence-electron chi connectivity index (χ3n) is 3.37. The van der Waals surface area contributed by atoms with Crippen LogP contribution >= 0.6 is 0 Å². The first kappa shape index (κ1) is 17.7. The largest absolute Gasteiger partial charge is 0.478 e. The second-order valence-electron chi connectivity index (χ2n) is 5.17. The summed E-state index contributed by atoms with van der Waals surface area (Å²) in [5.74, 6) is -1.25. The molecule has 0 aromatic carbocycles. The minimum absolute atomic E-state index is 0.0387. The van der Waals surface area contributed by atoms with Crippen molar-refractivity contribution in [3.8, 4) is 0 Å². The highest BCUT2D eigenvalue weighted by molar-refractivity contribution is 6.06. The smallest absolute Gasteiger partial charge is 0.338 e. The first-order valence-corrected chi connectivity index (χ1v) is 7.80. The summed E-state index contributed by atoms with van der Waals surface area (Å²) in [4.78, 5) is 40.0. The minimum Gasteiger partial charge on any atom is -0.478 e. The monoisotopic (exact) mass is 362 g/mol. The third-order valence-corrected chi connectivity index (χ3v) is 3.37. The molecule has 0 atom stereocenters. The lowest BCUT2D eigenvalue weighted by molar-refractivity contribution is 0.0690. The zero-order valence-corrected chi connectivity index (χ0v) is 13.9. The zero-order chi connectivity index (χ0) is 19.1. The van der Waals surface area contributed by atoms with Crippen molar-refractivity contribution in [3.63, 3.8) is 0 Å². The van der Waals surface area contributed by atoms with E-state index in [1.807, 2.05) is 0 Å². The SMILES string of the molecule is O=C(O)c1cnccc1C(=O)NN/C(=N\c1ccccn1)c1ccccn1. The number of hydrogen-bond acceptors (Lipinski definition) is 6. The topological polar surface area (TPSA) is 129 Å². The lowest BCUT2D eigenvalue weighted by Crippen LogP contribution is -2.42. The van der Waals surface area contributed by atoms with Crippen molar-refractivity contribution in [1.82, 2.24) is 25.8 Å². The molecule has 0 fully saturated rings. The predicted molar refractivity (Wildman–Crippen MR) is 96.5 cm³/mol. The Bertz CT molecular complexity index is 977. The molecule has 0 saturated carbocycles. The quantitative estimate of drug-likeness (QED) is 0.365. The number of nitrogens with zero attached hydrogens (tertiary/aromatic N) is 4. The van der Waals surface area contributed by atoms with Crippen molar-refractivity contribution >= 4 is 23.5 Å². The number of carboxylic acid groups (broad SMARTS) is 1. The van der Waals surface area contributed by atoms with Gasteiger partial charge in [0.1, 0.15) is 5.69 Å². The van der Waals surface area contributed by atoms with Crippen molar-refractivity contribution in [2.24, 2.45) is 4.99 Å². The molecule has 27 heavy (non-hydrogen) atoms. The third kappa shape index (κ3) is 4.48. The van der Waals surface area contributed by atoms with E-state index in [1.165, 1.54) is 12.3 Å². The van der Waals surface area contributed by atoms with Gasteiger partial charge < -0.3 is 5.11 Å². The standard InChI is InChI=1S/C18H14N6O3/c25-17(12-7-10-19-11-13(12)18(26)27)24-23-16(14-5-1-3-8-20-14)22-15-6-2-4-9-21-15/h1-11H,(H,24,25)(H,26,27)(H,21,22,23). The Morgan fingerprint density at radius 3 is 2.33 bits per heavy atom. The summed E-state index contributed by atoms with van der Waals surface area (Å²) in [6.07, 6.45) is 5.61. The van der Waals surface area contributed by atoms with E-state index in [4.69, 9.17) is 0 Å². The van der Waals surface area contributed by atoms with E-state index in [0.717, 1.165) is 6.20 Å². The summed E-state index contributed by atoms with van der Waals surface area (Å²) < 4.78 is 0. The van der Waals surface area contributed by atoms with Crippen LogP contribution < -0.4 is 10.9 Å². The molecule has 1 amide bonds. The molecule has 3 aromatic heterocycles.